The molecule has 0 spiro atoms. The van der Waals surface area contributed by atoms with Gasteiger partial charge in [0.25, 0.3) is 0 Å². The number of nitrogens with one attached hydrogen (secondary N) is 2. The van der Waals surface area contributed by atoms with Crippen molar-refractivity contribution in [1.29, 1.82) is 0 Å². The van der Waals surface area contributed by atoms with Crippen molar-refractivity contribution >= 4 is 22.9 Å². The standard InChI is InChI=1S/C17H23N3O3/c21-15(18-9-5-3-1-2-4-8-16(22)23)11-13-12-20-17-14(13)7-6-10-19-17/h6-7,10,12H,1-5,8-9,11H2,(H,18,21)(H,19,20)(H,22,23). The molecular formula is C17H23N3O3. The molecule has 0 saturated heterocycles. The molecule has 0 aliphatic carbocycles. The van der Waals surface area contributed by atoms with E-state index in [4.69, 9.17) is 5.11 Å². The summed E-state index contributed by atoms with van der Waals surface area (Å²) < 4.78 is 0. The number of pyridine rings is 1. The highest BCUT2D eigenvalue weighted by Crippen LogP contribution is 2.15. The van der Waals surface area contributed by atoms with Crippen LogP contribution in [-0.2, 0) is 16.0 Å². The fourth-order valence-electron chi connectivity index (χ4n) is 2.55. The number of carboxylic acids is 1. The Hall–Kier alpha value is -2.37. The molecule has 124 valence electrons. The second-order valence-electron chi connectivity index (χ2n) is 5.65. The number of aromatic nitrogens is 2. The van der Waals surface area contributed by atoms with Gasteiger partial charge in [0, 0.05) is 30.7 Å². The van der Waals surface area contributed by atoms with Crippen LogP contribution in [0.1, 0.15) is 44.1 Å². The zero-order chi connectivity index (χ0) is 16.5. The van der Waals surface area contributed by atoms with Gasteiger partial charge in [-0.3, -0.25) is 9.59 Å². The number of nitrogens with zero attached hydrogens (tertiary/aromatic N) is 1. The Labute approximate surface area is 135 Å². The van der Waals surface area contributed by atoms with Crippen molar-refractivity contribution in [3.63, 3.8) is 0 Å². The van der Waals surface area contributed by atoms with E-state index in [2.05, 4.69) is 15.3 Å². The summed E-state index contributed by atoms with van der Waals surface area (Å²) in [4.78, 5) is 29.6. The molecule has 0 atom stereocenters. The Morgan fingerprint density at radius 1 is 1.17 bits per heavy atom. The van der Waals surface area contributed by atoms with Crippen molar-refractivity contribution in [1.82, 2.24) is 15.3 Å². The lowest BCUT2D eigenvalue weighted by atomic mass is 10.1. The minimum absolute atomic E-state index is 0.0145. The molecule has 6 nitrogen and oxygen atoms in total. The number of hydrogen-bond acceptors (Lipinski definition) is 3. The van der Waals surface area contributed by atoms with Crippen LogP contribution in [0, 0.1) is 0 Å². The first-order chi connectivity index (χ1) is 11.2. The number of amides is 1. The van der Waals surface area contributed by atoms with Crippen LogP contribution in [-0.4, -0.2) is 33.5 Å². The Morgan fingerprint density at radius 2 is 1.96 bits per heavy atom. The molecule has 6 heteroatoms. The first-order valence-electron chi connectivity index (χ1n) is 8.06. The number of aliphatic carboxylic acids is 1. The van der Waals surface area contributed by atoms with Crippen LogP contribution in [0.15, 0.2) is 24.5 Å². The van der Waals surface area contributed by atoms with Crippen LogP contribution in [0.25, 0.3) is 11.0 Å². The van der Waals surface area contributed by atoms with E-state index >= 15 is 0 Å². The van der Waals surface area contributed by atoms with Gasteiger partial charge >= 0.3 is 5.97 Å². The second-order valence-corrected chi connectivity index (χ2v) is 5.65. The van der Waals surface area contributed by atoms with Gasteiger partial charge in [0.15, 0.2) is 0 Å². The van der Waals surface area contributed by atoms with Gasteiger partial charge in [-0.25, -0.2) is 4.98 Å². The smallest absolute Gasteiger partial charge is 0.303 e. The number of carboxylic acid groups (broad SMARTS) is 1. The summed E-state index contributed by atoms with van der Waals surface area (Å²) in [6.45, 7) is 0.665. The molecule has 2 rings (SSSR count). The Bertz CT molecular complexity index is 651. The molecule has 3 N–H and O–H groups in total. The van der Waals surface area contributed by atoms with Crippen LogP contribution in [0.4, 0.5) is 0 Å². The molecule has 1 amide bonds. The first kappa shape index (κ1) is 17.0. The highest BCUT2D eigenvalue weighted by atomic mass is 16.4. The Balaban J connectivity index is 1.59. The van der Waals surface area contributed by atoms with E-state index in [1.165, 1.54) is 0 Å². The SMILES string of the molecule is O=C(O)CCCCCCCNC(=O)Cc1c[nH]c2ncccc12. The molecule has 2 heterocycles. The van der Waals surface area contributed by atoms with Crippen molar-refractivity contribution in [2.75, 3.05) is 6.54 Å². The van der Waals surface area contributed by atoms with Crippen LogP contribution in [0.3, 0.4) is 0 Å². The van der Waals surface area contributed by atoms with E-state index in [9.17, 15) is 9.59 Å². The number of H-pyrrole nitrogens is 1. The highest BCUT2D eigenvalue weighted by Gasteiger charge is 2.08. The van der Waals surface area contributed by atoms with Gasteiger partial charge in [-0.15, -0.1) is 0 Å². The predicted molar refractivity (Wildman–Crippen MR) is 88.1 cm³/mol. The number of fused-ring (bicyclic) bond motifs is 1. The molecule has 0 radical (unpaired) electrons. The lowest BCUT2D eigenvalue weighted by Gasteiger charge is -2.05. The van der Waals surface area contributed by atoms with Crippen molar-refractivity contribution in [3.05, 3.63) is 30.1 Å². The molecule has 2 aromatic heterocycles. The van der Waals surface area contributed by atoms with Crippen molar-refractivity contribution in [3.8, 4) is 0 Å². The number of aromatic amines is 1. The molecule has 0 aromatic carbocycles. The molecule has 0 aliphatic rings. The third-order valence-electron chi connectivity index (χ3n) is 3.78. The minimum atomic E-state index is -0.732. The van der Waals surface area contributed by atoms with E-state index in [1.54, 1.807) is 6.20 Å². The van der Waals surface area contributed by atoms with Crippen LogP contribution in [0.5, 0.6) is 0 Å². The van der Waals surface area contributed by atoms with Gasteiger partial charge in [0.05, 0.1) is 6.42 Å². The number of carbonyl (C=O) groups is 2. The van der Waals surface area contributed by atoms with Gasteiger partial charge in [-0.2, -0.15) is 0 Å². The van der Waals surface area contributed by atoms with E-state index in [1.807, 2.05) is 18.3 Å². The average molecular weight is 317 g/mol. The van der Waals surface area contributed by atoms with Crippen LogP contribution >= 0.6 is 0 Å². The van der Waals surface area contributed by atoms with Gasteiger partial charge < -0.3 is 15.4 Å². The maximum absolute atomic E-state index is 12.0. The zero-order valence-corrected chi connectivity index (χ0v) is 13.2. The summed E-state index contributed by atoms with van der Waals surface area (Å²) >= 11 is 0. The number of rotatable bonds is 10. The molecule has 0 bridgehead atoms. The van der Waals surface area contributed by atoms with Crippen LogP contribution in [0.2, 0.25) is 0 Å². The fraction of sp³-hybridized carbons (Fsp3) is 0.471. The molecule has 0 aliphatic heterocycles. The second kappa shape index (κ2) is 8.92. The number of carbonyl (C=O) groups excluding carboxylic acids is 1. The quantitative estimate of drug-likeness (QED) is 0.587. The number of hydrogen-bond donors (Lipinski definition) is 3. The van der Waals surface area contributed by atoms with Crippen LogP contribution < -0.4 is 5.32 Å². The van der Waals surface area contributed by atoms with E-state index < -0.39 is 5.97 Å². The molecule has 0 fully saturated rings. The van der Waals surface area contributed by atoms with Crippen molar-refractivity contribution < 1.29 is 14.7 Å². The summed E-state index contributed by atoms with van der Waals surface area (Å²) in [7, 11) is 0. The van der Waals surface area contributed by atoms with E-state index in [-0.39, 0.29) is 12.3 Å². The monoisotopic (exact) mass is 317 g/mol. The fourth-order valence-corrected chi connectivity index (χ4v) is 2.55. The molecular weight excluding hydrogens is 294 g/mol. The van der Waals surface area contributed by atoms with E-state index in [0.29, 0.717) is 13.0 Å². The largest absolute Gasteiger partial charge is 0.481 e. The normalized spacial score (nSPS) is 10.8. The van der Waals surface area contributed by atoms with Gasteiger partial charge in [-0.1, -0.05) is 19.3 Å². The summed E-state index contributed by atoms with van der Waals surface area (Å²) in [6, 6.07) is 3.82. The summed E-state index contributed by atoms with van der Waals surface area (Å²) in [5, 5.41) is 12.4. The molecule has 0 unspecified atom stereocenters. The van der Waals surface area contributed by atoms with E-state index in [0.717, 1.165) is 48.7 Å². The Morgan fingerprint density at radius 3 is 2.78 bits per heavy atom. The maximum atomic E-state index is 12.0. The average Bonchev–Trinajstić information content (AvgIpc) is 2.93. The highest BCUT2D eigenvalue weighted by molar-refractivity contribution is 5.86. The molecule has 0 saturated carbocycles. The molecule has 23 heavy (non-hydrogen) atoms. The molecule has 2 aromatic rings. The summed E-state index contributed by atoms with van der Waals surface area (Å²) in [5.74, 6) is -0.717. The minimum Gasteiger partial charge on any atom is -0.481 e. The maximum Gasteiger partial charge on any atom is 0.303 e. The summed E-state index contributed by atoms with van der Waals surface area (Å²) in [6.07, 6.45) is 8.76. The summed E-state index contributed by atoms with van der Waals surface area (Å²) in [5.41, 5.74) is 1.76. The van der Waals surface area contributed by atoms with Gasteiger partial charge in [-0.05, 0) is 30.5 Å². The van der Waals surface area contributed by atoms with Crippen molar-refractivity contribution in [2.45, 2.75) is 44.9 Å². The Kier molecular flexibility index (Phi) is 6.59. The van der Waals surface area contributed by atoms with Gasteiger partial charge in [0.2, 0.25) is 5.91 Å². The van der Waals surface area contributed by atoms with Crippen molar-refractivity contribution in [2.24, 2.45) is 0 Å². The first-order valence-corrected chi connectivity index (χ1v) is 8.06. The third-order valence-corrected chi connectivity index (χ3v) is 3.78. The number of unbranched alkanes of at least 4 members (excludes halogenated alkanes) is 4. The van der Waals surface area contributed by atoms with Gasteiger partial charge in [0.1, 0.15) is 5.65 Å². The topological polar surface area (TPSA) is 95.1 Å². The zero-order valence-electron chi connectivity index (χ0n) is 13.2. The predicted octanol–water partition coefficient (Wildman–Crippen LogP) is 2.65. The third kappa shape index (κ3) is 5.73. The lowest BCUT2D eigenvalue weighted by Crippen LogP contribution is -2.26. The lowest BCUT2D eigenvalue weighted by molar-refractivity contribution is -0.137.